The number of amides is 1. The Kier molecular flexibility index (Phi) is 3.77. The fraction of sp³-hybridized carbons (Fsp3) is 0.286. The van der Waals surface area contributed by atoms with Crippen molar-refractivity contribution in [2.24, 2.45) is 5.92 Å². The maximum atomic E-state index is 11.7. The molecular formula is C14H15NO3. The molecule has 0 aliphatic heterocycles. The van der Waals surface area contributed by atoms with Crippen LogP contribution in [0.4, 0.5) is 5.69 Å². The molecule has 0 saturated heterocycles. The highest BCUT2D eigenvalue weighted by Gasteiger charge is 2.24. The first kappa shape index (κ1) is 12.4. The van der Waals surface area contributed by atoms with E-state index in [0.29, 0.717) is 5.69 Å². The molecule has 1 saturated carbocycles. The predicted molar refractivity (Wildman–Crippen MR) is 69.1 cm³/mol. The van der Waals surface area contributed by atoms with Crippen LogP contribution in [0.3, 0.4) is 0 Å². The van der Waals surface area contributed by atoms with Gasteiger partial charge in [0.05, 0.1) is 0 Å². The summed E-state index contributed by atoms with van der Waals surface area (Å²) < 4.78 is 0. The highest BCUT2D eigenvalue weighted by Crippen LogP contribution is 2.27. The van der Waals surface area contributed by atoms with Crippen LogP contribution in [0, 0.1) is 5.92 Å². The summed E-state index contributed by atoms with van der Waals surface area (Å²) in [6, 6.07) is 7.14. The van der Waals surface area contributed by atoms with Gasteiger partial charge in [-0.1, -0.05) is 18.6 Å². The van der Waals surface area contributed by atoms with E-state index in [0.717, 1.165) is 30.9 Å². The van der Waals surface area contributed by atoms with Gasteiger partial charge >= 0.3 is 5.97 Å². The van der Waals surface area contributed by atoms with E-state index in [2.05, 4.69) is 5.32 Å². The normalized spacial score (nSPS) is 15.3. The second-order valence-corrected chi connectivity index (χ2v) is 4.41. The van der Waals surface area contributed by atoms with Gasteiger partial charge in [0.1, 0.15) is 0 Å². The fourth-order valence-corrected chi connectivity index (χ4v) is 1.80. The molecule has 0 radical (unpaired) electrons. The van der Waals surface area contributed by atoms with Crippen LogP contribution in [0.1, 0.15) is 24.8 Å². The predicted octanol–water partition coefficient (Wildman–Crippen LogP) is 2.52. The summed E-state index contributed by atoms with van der Waals surface area (Å²) in [4.78, 5) is 22.2. The number of carbonyl (C=O) groups is 2. The summed E-state index contributed by atoms with van der Waals surface area (Å²) in [5.41, 5.74) is 1.46. The molecule has 0 aromatic heterocycles. The smallest absolute Gasteiger partial charge is 0.328 e. The molecule has 0 unspecified atom stereocenters. The van der Waals surface area contributed by atoms with Crippen LogP contribution < -0.4 is 5.32 Å². The number of carboxylic acids is 1. The van der Waals surface area contributed by atoms with E-state index in [4.69, 9.17) is 5.11 Å². The lowest BCUT2D eigenvalue weighted by atomic mass is 9.85. The number of hydrogen-bond acceptors (Lipinski definition) is 2. The number of benzene rings is 1. The van der Waals surface area contributed by atoms with Gasteiger partial charge in [-0.25, -0.2) is 4.79 Å². The molecule has 4 heteroatoms. The molecule has 2 N–H and O–H groups in total. The third-order valence-electron chi connectivity index (χ3n) is 3.05. The van der Waals surface area contributed by atoms with Crippen molar-refractivity contribution >= 4 is 23.6 Å². The van der Waals surface area contributed by atoms with Gasteiger partial charge in [-0.3, -0.25) is 4.79 Å². The average molecular weight is 245 g/mol. The van der Waals surface area contributed by atoms with Crippen molar-refractivity contribution in [2.45, 2.75) is 19.3 Å². The minimum atomic E-state index is -0.987. The van der Waals surface area contributed by atoms with Gasteiger partial charge in [0.25, 0.3) is 0 Å². The summed E-state index contributed by atoms with van der Waals surface area (Å²) in [6.07, 6.45) is 5.63. The number of aliphatic carboxylic acids is 1. The van der Waals surface area contributed by atoms with Crippen molar-refractivity contribution < 1.29 is 14.7 Å². The van der Waals surface area contributed by atoms with Crippen molar-refractivity contribution in [1.82, 2.24) is 0 Å². The van der Waals surface area contributed by atoms with Crippen molar-refractivity contribution in [3.05, 3.63) is 35.9 Å². The lowest BCUT2D eigenvalue weighted by molar-refractivity contribution is -0.131. The standard InChI is InChI=1S/C14H15NO3/c16-13(17)8-7-10-3-1-6-12(9-10)15-14(18)11-4-2-5-11/h1,3,6-9,11H,2,4-5H2,(H,15,18)(H,16,17)/b8-7+. The number of carbonyl (C=O) groups excluding carboxylic acids is 1. The van der Waals surface area contributed by atoms with Crippen LogP contribution in [-0.4, -0.2) is 17.0 Å². The first-order valence-electron chi connectivity index (χ1n) is 5.97. The van der Waals surface area contributed by atoms with Crippen LogP contribution in [-0.2, 0) is 9.59 Å². The third kappa shape index (κ3) is 3.20. The van der Waals surface area contributed by atoms with Crippen LogP contribution >= 0.6 is 0 Å². The van der Waals surface area contributed by atoms with E-state index < -0.39 is 5.97 Å². The maximum absolute atomic E-state index is 11.7. The molecule has 2 rings (SSSR count). The number of carboxylic acid groups (broad SMARTS) is 1. The first-order valence-corrected chi connectivity index (χ1v) is 5.97. The minimum Gasteiger partial charge on any atom is -0.478 e. The summed E-state index contributed by atoms with van der Waals surface area (Å²) in [5.74, 6) is -0.789. The second kappa shape index (κ2) is 5.49. The Bertz CT molecular complexity index is 490. The monoisotopic (exact) mass is 245 g/mol. The Morgan fingerprint density at radius 2 is 2.11 bits per heavy atom. The van der Waals surface area contributed by atoms with E-state index >= 15 is 0 Å². The van der Waals surface area contributed by atoms with E-state index in [1.807, 2.05) is 0 Å². The highest BCUT2D eigenvalue weighted by molar-refractivity contribution is 5.93. The lowest BCUT2D eigenvalue weighted by Crippen LogP contribution is -2.27. The van der Waals surface area contributed by atoms with Gasteiger partial charge < -0.3 is 10.4 Å². The Balaban J connectivity index is 2.02. The molecule has 0 spiro atoms. The van der Waals surface area contributed by atoms with Crippen molar-refractivity contribution in [3.63, 3.8) is 0 Å². The van der Waals surface area contributed by atoms with Gasteiger partial charge in [0.15, 0.2) is 0 Å². The van der Waals surface area contributed by atoms with Crippen LogP contribution in [0.25, 0.3) is 6.08 Å². The van der Waals surface area contributed by atoms with Gasteiger partial charge in [0.2, 0.25) is 5.91 Å². The zero-order valence-corrected chi connectivity index (χ0v) is 9.93. The SMILES string of the molecule is O=C(O)/C=C/c1cccc(NC(=O)C2CCC2)c1. The summed E-state index contributed by atoms with van der Waals surface area (Å²) in [6.45, 7) is 0. The number of hydrogen-bond donors (Lipinski definition) is 2. The number of anilines is 1. The van der Waals surface area contributed by atoms with Gasteiger partial charge in [-0.05, 0) is 36.6 Å². The third-order valence-corrected chi connectivity index (χ3v) is 3.05. The minimum absolute atomic E-state index is 0.0561. The fourth-order valence-electron chi connectivity index (χ4n) is 1.80. The number of rotatable bonds is 4. The quantitative estimate of drug-likeness (QED) is 0.801. The zero-order chi connectivity index (χ0) is 13.0. The molecule has 18 heavy (non-hydrogen) atoms. The Labute approximate surface area is 105 Å². The summed E-state index contributed by atoms with van der Waals surface area (Å²) in [7, 11) is 0. The topological polar surface area (TPSA) is 66.4 Å². The largest absolute Gasteiger partial charge is 0.478 e. The summed E-state index contributed by atoms with van der Waals surface area (Å²) >= 11 is 0. The molecule has 1 aliphatic carbocycles. The van der Waals surface area contributed by atoms with E-state index in [-0.39, 0.29) is 11.8 Å². The van der Waals surface area contributed by atoms with Crippen molar-refractivity contribution in [2.75, 3.05) is 5.32 Å². The second-order valence-electron chi connectivity index (χ2n) is 4.41. The average Bonchev–Trinajstić information content (AvgIpc) is 2.24. The van der Waals surface area contributed by atoms with Crippen LogP contribution in [0.15, 0.2) is 30.3 Å². The molecule has 1 amide bonds. The number of nitrogens with one attached hydrogen (secondary N) is 1. The summed E-state index contributed by atoms with van der Waals surface area (Å²) in [5, 5.41) is 11.4. The molecule has 1 aromatic rings. The first-order chi connectivity index (χ1) is 8.65. The van der Waals surface area contributed by atoms with E-state index in [1.165, 1.54) is 6.08 Å². The molecule has 0 bridgehead atoms. The molecule has 1 aromatic carbocycles. The van der Waals surface area contributed by atoms with Gasteiger partial charge in [0, 0.05) is 17.7 Å². The van der Waals surface area contributed by atoms with Gasteiger partial charge in [-0.2, -0.15) is 0 Å². The van der Waals surface area contributed by atoms with Crippen molar-refractivity contribution in [1.29, 1.82) is 0 Å². The zero-order valence-electron chi connectivity index (χ0n) is 9.93. The van der Waals surface area contributed by atoms with E-state index in [1.54, 1.807) is 24.3 Å². The highest BCUT2D eigenvalue weighted by atomic mass is 16.4. The molecular weight excluding hydrogens is 230 g/mol. The molecule has 1 fully saturated rings. The van der Waals surface area contributed by atoms with Gasteiger partial charge in [-0.15, -0.1) is 0 Å². The Morgan fingerprint density at radius 3 is 2.72 bits per heavy atom. The Morgan fingerprint density at radius 1 is 1.33 bits per heavy atom. The van der Waals surface area contributed by atoms with Crippen molar-refractivity contribution in [3.8, 4) is 0 Å². The molecule has 1 aliphatic rings. The molecule has 0 heterocycles. The molecule has 94 valence electrons. The lowest BCUT2D eigenvalue weighted by Gasteiger charge is -2.24. The molecule has 0 atom stereocenters. The molecule has 4 nitrogen and oxygen atoms in total. The van der Waals surface area contributed by atoms with Crippen LogP contribution in [0.5, 0.6) is 0 Å². The van der Waals surface area contributed by atoms with E-state index in [9.17, 15) is 9.59 Å². The maximum Gasteiger partial charge on any atom is 0.328 e. The Hall–Kier alpha value is -2.10. The van der Waals surface area contributed by atoms with Crippen LogP contribution in [0.2, 0.25) is 0 Å².